The Labute approximate surface area is 116 Å². The Morgan fingerprint density at radius 3 is 2.76 bits per heavy atom. The zero-order valence-electron chi connectivity index (χ0n) is 10.9. The molecule has 1 aromatic rings. The molecule has 2 atom stereocenters. The lowest BCUT2D eigenvalue weighted by Crippen LogP contribution is -2.57. The summed E-state index contributed by atoms with van der Waals surface area (Å²) in [6.07, 6.45) is -6.91. The van der Waals surface area contributed by atoms with E-state index in [-0.39, 0.29) is 12.4 Å². The maximum Gasteiger partial charge on any atom is 0.434 e. The van der Waals surface area contributed by atoms with Crippen LogP contribution in [0.4, 0.5) is 27.8 Å². The minimum atomic E-state index is -4.59. The summed E-state index contributed by atoms with van der Waals surface area (Å²) in [5.74, 6) is -0.0869. The Bertz CT molecular complexity index is 496. The van der Waals surface area contributed by atoms with Crippen LogP contribution in [0.2, 0.25) is 0 Å². The number of aromatic nitrogens is 2. The lowest BCUT2D eigenvalue weighted by Gasteiger charge is -2.35. The monoisotopic (exact) mass is 312 g/mol. The molecule has 0 saturated carbocycles. The third kappa shape index (κ3) is 4.21. The molecule has 10 heteroatoms. The van der Waals surface area contributed by atoms with Crippen LogP contribution in [0.5, 0.6) is 0 Å². The molecule has 5 nitrogen and oxygen atoms in total. The standard InChI is InChI=1S/C11H13F5N4O/c1-6-7(19-5-10(12,13)21-6)2-18-9-4-17-3-8(20-9)11(14,15)16/h3-4,6-7,19H,2,5H2,1H3,(H,18,20)/t6-,7+/m0/s1. The molecular weight excluding hydrogens is 299 g/mol. The van der Waals surface area contributed by atoms with Gasteiger partial charge in [0.05, 0.1) is 31.1 Å². The number of ether oxygens (including phenoxy) is 1. The van der Waals surface area contributed by atoms with Crippen molar-refractivity contribution in [3.63, 3.8) is 0 Å². The van der Waals surface area contributed by atoms with Gasteiger partial charge < -0.3 is 15.4 Å². The molecule has 0 radical (unpaired) electrons. The predicted octanol–water partition coefficient (Wildman–Crippen LogP) is 1.88. The van der Waals surface area contributed by atoms with E-state index in [2.05, 4.69) is 25.3 Å². The average molecular weight is 312 g/mol. The number of alkyl halides is 5. The fourth-order valence-electron chi connectivity index (χ4n) is 1.85. The number of halogens is 5. The minimum Gasteiger partial charge on any atom is -0.367 e. The maximum atomic E-state index is 12.9. The SMILES string of the molecule is C[C@@H]1OC(F)(F)CN[C@@H]1CNc1cncc(C(F)(F)F)n1. The van der Waals surface area contributed by atoms with Crippen molar-refractivity contribution >= 4 is 5.82 Å². The highest BCUT2D eigenvalue weighted by atomic mass is 19.4. The number of nitrogens with one attached hydrogen (secondary N) is 2. The fraction of sp³-hybridized carbons (Fsp3) is 0.636. The second kappa shape index (κ2) is 5.68. The molecule has 21 heavy (non-hydrogen) atoms. The summed E-state index contributed by atoms with van der Waals surface area (Å²) in [6, 6.07) is -0.485. The minimum absolute atomic E-state index is 0.0766. The van der Waals surface area contributed by atoms with E-state index < -0.39 is 36.7 Å². The van der Waals surface area contributed by atoms with Crippen LogP contribution in [0.15, 0.2) is 12.4 Å². The summed E-state index contributed by atoms with van der Waals surface area (Å²) in [5, 5.41) is 5.19. The molecule has 1 aliphatic rings. The van der Waals surface area contributed by atoms with Gasteiger partial charge in [-0.05, 0) is 6.92 Å². The molecule has 0 bridgehead atoms. The molecule has 2 N–H and O–H groups in total. The van der Waals surface area contributed by atoms with Crippen molar-refractivity contribution in [1.29, 1.82) is 0 Å². The molecule has 0 aromatic carbocycles. The largest absolute Gasteiger partial charge is 0.434 e. The van der Waals surface area contributed by atoms with Gasteiger partial charge in [-0.2, -0.15) is 22.0 Å². The van der Waals surface area contributed by atoms with Crippen molar-refractivity contribution in [1.82, 2.24) is 15.3 Å². The zero-order chi connectivity index (χ0) is 15.7. The zero-order valence-corrected chi connectivity index (χ0v) is 10.9. The molecule has 1 saturated heterocycles. The van der Waals surface area contributed by atoms with Crippen LogP contribution < -0.4 is 10.6 Å². The summed E-state index contributed by atoms with van der Waals surface area (Å²) < 4.78 is 67.7. The van der Waals surface area contributed by atoms with Crippen molar-refractivity contribution in [3.05, 3.63) is 18.1 Å². The van der Waals surface area contributed by atoms with E-state index in [4.69, 9.17) is 0 Å². The van der Waals surface area contributed by atoms with Gasteiger partial charge >= 0.3 is 12.3 Å². The highest BCUT2D eigenvalue weighted by Crippen LogP contribution is 2.27. The van der Waals surface area contributed by atoms with Crippen molar-refractivity contribution in [2.45, 2.75) is 31.4 Å². The van der Waals surface area contributed by atoms with Crippen LogP contribution in [0.1, 0.15) is 12.6 Å². The van der Waals surface area contributed by atoms with Crippen LogP contribution >= 0.6 is 0 Å². The van der Waals surface area contributed by atoms with E-state index in [1.807, 2.05) is 0 Å². The van der Waals surface area contributed by atoms with E-state index in [0.717, 1.165) is 6.20 Å². The molecule has 0 amide bonds. The smallest absolute Gasteiger partial charge is 0.367 e. The van der Waals surface area contributed by atoms with Crippen molar-refractivity contribution in [3.8, 4) is 0 Å². The van der Waals surface area contributed by atoms with E-state index in [9.17, 15) is 22.0 Å². The highest BCUT2D eigenvalue weighted by molar-refractivity contribution is 5.32. The predicted molar refractivity (Wildman–Crippen MR) is 62.8 cm³/mol. The second-order valence-corrected chi connectivity index (χ2v) is 4.62. The summed E-state index contributed by atoms with van der Waals surface area (Å²) >= 11 is 0. The first kappa shape index (κ1) is 15.8. The van der Waals surface area contributed by atoms with E-state index in [0.29, 0.717) is 6.20 Å². The van der Waals surface area contributed by atoms with Crippen LogP contribution in [0.3, 0.4) is 0 Å². The first-order chi connectivity index (χ1) is 9.67. The van der Waals surface area contributed by atoms with Gasteiger partial charge in [-0.3, -0.25) is 4.98 Å². The number of anilines is 1. The second-order valence-electron chi connectivity index (χ2n) is 4.62. The van der Waals surface area contributed by atoms with Crippen molar-refractivity contribution < 1.29 is 26.7 Å². The first-order valence-electron chi connectivity index (χ1n) is 6.09. The number of rotatable bonds is 3. The molecule has 118 valence electrons. The molecule has 0 aliphatic carbocycles. The van der Waals surface area contributed by atoms with E-state index >= 15 is 0 Å². The summed E-state index contributed by atoms with van der Waals surface area (Å²) in [4.78, 5) is 6.81. The van der Waals surface area contributed by atoms with Gasteiger partial charge in [0.25, 0.3) is 0 Å². The third-order valence-corrected chi connectivity index (χ3v) is 2.92. The third-order valence-electron chi connectivity index (χ3n) is 2.92. The molecule has 1 fully saturated rings. The fourth-order valence-corrected chi connectivity index (χ4v) is 1.85. The Hall–Kier alpha value is -1.55. The average Bonchev–Trinajstić information content (AvgIpc) is 2.36. The van der Waals surface area contributed by atoms with Gasteiger partial charge in [0.15, 0.2) is 5.69 Å². The van der Waals surface area contributed by atoms with Gasteiger partial charge in [-0.15, -0.1) is 0 Å². The summed E-state index contributed by atoms with van der Waals surface area (Å²) in [6.45, 7) is 0.870. The van der Waals surface area contributed by atoms with Crippen molar-refractivity contribution in [2.24, 2.45) is 0 Å². The van der Waals surface area contributed by atoms with Gasteiger partial charge in [-0.1, -0.05) is 0 Å². The maximum absolute atomic E-state index is 12.9. The number of morpholine rings is 1. The first-order valence-corrected chi connectivity index (χ1v) is 6.09. The number of nitrogens with zero attached hydrogens (tertiary/aromatic N) is 2. The molecule has 1 aromatic heterocycles. The molecule has 0 unspecified atom stereocenters. The van der Waals surface area contributed by atoms with Crippen molar-refractivity contribution in [2.75, 3.05) is 18.4 Å². The molecular formula is C11H13F5N4O. The van der Waals surface area contributed by atoms with Crippen LogP contribution in [0, 0.1) is 0 Å². The van der Waals surface area contributed by atoms with E-state index in [1.54, 1.807) is 0 Å². The normalized spacial score (nSPS) is 25.6. The van der Waals surface area contributed by atoms with E-state index in [1.165, 1.54) is 6.92 Å². The van der Waals surface area contributed by atoms with Gasteiger partial charge in [-0.25, -0.2) is 4.98 Å². The highest BCUT2D eigenvalue weighted by Gasteiger charge is 2.40. The topological polar surface area (TPSA) is 59.1 Å². The molecule has 2 heterocycles. The summed E-state index contributed by atoms with van der Waals surface area (Å²) in [7, 11) is 0. The Morgan fingerprint density at radius 2 is 2.14 bits per heavy atom. The van der Waals surface area contributed by atoms with Crippen LogP contribution in [-0.2, 0) is 10.9 Å². The molecule has 1 aliphatic heterocycles. The van der Waals surface area contributed by atoms with Crippen LogP contribution in [0.25, 0.3) is 0 Å². The number of hydrogen-bond acceptors (Lipinski definition) is 5. The number of hydrogen-bond donors (Lipinski definition) is 2. The van der Waals surface area contributed by atoms with Crippen LogP contribution in [-0.4, -0.2) is 41.3 Å². The Balaban J connectivity index is 1.95. The molecule has 0 spiro atoms. The molecule has 2 rings (SSSR count). The Morgan fingerprint density at radius 1 is 1.43 bits per heavy atom. The Kier molecular flexibility index (Phi) is 4.28. The van der Waals surface area contributed by atoms with Gasteiger partial charge in [0.1, 0.15) is 5.82 Å². The summed E-state index contributed by atoms with van der Waals surface area (Å²) in [5.41, 5.74) is -1.13. The van der Waals surface area contributed by atoms with Gasteiger partial charge in [0.2, 0.25) is 0 Å². The quantitative estimate of drug-likeness (QED) is 0.835. The lowest BCUT2D eigenvalue weighted by atomic mass is 10.1. The van der Waals surface area contributed by atoms with Gasteiger partial charge in [0, 0.05) is 6.54 Å². The lowest BCUT2D eigenvalue weighted by molar-refractivity contribution is -0.278.